The minimum absolute atomic E-state index is 0.119. The smallest absolute Gasteiger partial charge is 0.323 e. The molecule has 0 saturated heterocycles. The molecule has 0 spiro atoms. The van der Waals surface area contributed by atoms with Crippen molar-refractivity contribution in [3.8, 4) is 11.5 Å². The summed E-state index contributed by atoms with van der Waals surface area (Å²) in [5.41, 5.74) is 0.782. The summed E-state index contributed by atoms with van der Waals surface area (Å²) < 4.78 is 10.4. The maximum absolute atomic E-state index is 12.4. The van der Waals surface area contributed by atoms with Crippen molar-refractivity contribution in [3.63, 3.8) is 0 Å². The minimum atomic E-state index is -1.01. The summed E-state index contributed by atoms with van der Waals surface area (Å²) in [6.45, 7) is -0.0770. The fraction of sp³-hybridized carbons (Fsp3) is 0.556. The lowest BCUT2D eigenvalue weighted by atomic mass is 9.82. The van der Waals surface area contributed by atoms with Crippen LogP contribution in [0.5, 0.6) is 11.5 Å². The topological polar surface area (TPSA) is 76.1 Å². The Kier molecular flexibility index (Phi) is 6.46. The summed E-state index contributed by atoms with van der Waals surface area (Å²) in [6, 6.07) is 5.32. The van der Waals surface area contributed by atoms with Crippen molar-refractivity contribution < 1.29 is 24.2 Å². The molecule has 0 heterocycles. The first-order valence-corrected chi connectivity index (χ1v) is 8.23. The average Bonchev–Trinajstić information content (AvgIpc) is 2.51. The Bertz CT molecular complexity index is 561. The number of carbonyl (C=O) groups excluding carboxylic acids is 1. The van der Waals surface area contributed by atoms with Crippen LogP contribution in [0.25, 0.3) is 0 Å². The third-order valence-corrected chi connectivity index (χ3v) is 4.45. The molecule has 1 aromatic carbocycles. The summed E-state index contributed by atoms with van der Waals surface area (Å²) in [4.78, 5) is 24.9. The van der Waals surface area contributed by atoms with Crippen molar-refractivity contribution in [2.45, 2.75) is 38.6 Å². The summed E-state index contributed by atoms with van der Waals surface area (Å²) in [7, 11) is 3.11. The van der Waals surface area contributed by atoms with Gasteiger partial charge in [-0.15, -0.1) is 0 Å². The zero-order valence-electron chi connectivity index (χ0n) is 14.3. The summed E-state index contributed by atoms with van der Waals surface area (Å²) in [5, 5.41) is 9.10. The van der Waals surface area contributed by atoms with Gasteiger partial charge in [0.25, 0.3) is 0 Å². The van der Waals surface area contributed by atoms with Crippen LogP contribution in [-0.2, 0) is 16.1 Å². The van der Waals surface area contributed by atoms with Gasteiger partial charge in [0, 0.05) is 19.0 Å². The van der Waals surface area contributed by atoms with Crippen LogP contribution in [0.15, 0.2) is 18.2 Å². The maximum atomic E-state index is 12.4. The Morgan fingerprint density at radius 1 is 1.17 bits per heavy atom. The van der Waals surface area contributed by atoms with E-state index in [1.54, 1.807) is 32.4 Å². The monoisotopic (exact) mass is 335 g/mol. The maximum Gasteiger partial charge on any atom is 0.323 e. The van der Waals surface area contributed by atoms with E-state index in [4.69, 9.17) is 14.6 Å². The lowest BCUT2D eigenvalue weighted by molar-refractivity contribution is -0.145. The van der Waals surface area contributed by atoms with E-state index in [9.17, 15) is 9.59 Å². The van der Waals surface area contributed by atoms with Gasteiger partial charge in [0.1, 0.15) is 18.0 Å². The van der Waals surface area contributed by atoms with E-state index in [1.165, 1.54) is 24.2 Å². The third kappa shape index (κ3) is 5.15. The number of amides is 1. The van der Waals surface area contributed by atoms with E-state index < -0.39 is 5.97 Å². The molecule has 0 bridgehead atoms. The molecule has 1 fully saturated rings. The summed E-state index contributed by atoms with van der Waals surface area (Å²) in [5.74, 6) is 0.716. The molecule has 1 saturated carbocycles. The van der Waals surface area contributed by atoms with Crippen molar-refractivity contribution in [2.24, 2.45) is 5.92 Å². The Morgan fingerprint density at radius 3 is 2.25 bits per heavy atom. The highest BCUT2D eigenvalue weighted by atomic mass is 16.5. The first-order chi connectivity index (χ1) is 11.5. The Morgan fingerprint density at radius 2 is 1.79 bits per heavy atom. The quantitative estimate of drug-likeness (QED) is 0.751. The molecule has 24 heavy (non-hydrogen) atoms. The number of hydrogen-bond acceptors (Lipinski definition) is 4. The van der Waals surface area contributed by atoms with Crippen LogP contribution < -0.4 is 9.47 Å². The molecule has 1 aliphatic carbocycles. The molecule has 0 aromatic heterocycles. The third-order valence-electron chi connectivity index (χ3n) is 4.45. The van der Waals surface area contributed by atoms with Gasteiger partial charge in [-0.25, -0.2) is 0 Å². The molecule has 0 atom stereocenters. The molecular formula is C18H25NO5. The first-order valence-electron chi connectivity index (χ1n) is 8.23. The fourth-order valence-electron chi connectivity index (χ4n) is 2.84. The van der Waals surface area contributed by atoms with Crippen LogP contribution in [0.1, 0.15) is 37.7 Å². The molecule has 6 heteroatoms. The molecule has 1 amide bonds. The SMILES string of the molecule is COc1cc(CN(CC(=O)O)C(=O)CCC2CCC2)cc(OC)c1. The predicted octanol–water partition coefficient (Wildman–Crippen LogP) is 2.70. The molecule has 0 radical (unpaired) electrons. The number of hydrogen-bond donors (Lipinski definition) is 1. The zero-order chi connectivity index (χ0) is 17.5. The van der Waals surface area contributed by atoms with Crippen LogP contribution in [0, 0.1) is 5.92 Å². The highest BCUT2D eigenvalue weighted by molar-refractivity contribution is 5.81. The molecule has 1 aliphatic rings. The van der Waals surface area contributed by atoms with E-state index in [2.05, 4.69) is 0 Å². The van der Waals surface area contributed by atoms with Crippen molar-refractivity contribution in [1.82, 2.24) is 4.90 Å². The highest BCUT2D eigenvalue weighted by Gasteiger charge is 2.22. The Hall–Kier alpha value is -2.24. The molecule has 2 rings (SSSR count). The molecule has 6 nitrogen and oxygen atoms in total. The molecule has 1 N–H and O–H groups in total. The number of ether oxygens (including phenoxy) is 2. The van der Waals surface area contributed by atoms with Crippen molar-refractivity contribution >= 4 is 11.9 Å². The van der Waals surface area contributed by atoms with Gasteiger partial charge in [-0.05, 0) is 30.0 Å². The zero-order valence-corrected chi connectivity index (χ0v) is 14.3. The second-order valence-electron chi connectivity index (χ2n) is 6.20. The van der Waals surface area contributed by atoms with Crippen molar-refractivity contribution in [3.05, 3.63) is 23.8 Å². The number of carbonyl (C=O) groups is 2. The van der Waals surface area contributed by atoms with Gasteiger partial charge in [-0.3, -0.25) is 9.59 Å². The molecule has 1 aromatic rings. The molecular weight excluding hydrogens is 310 g/mol. The van der Waals surface area contributed by atoms with E-state index >= 15 is 0 Å². The van der Waals surface area contributed by atoms with Gasteiger partial charge in [0.2, 0.25) is 5.91 Å². The molecule has 0 unspecified atom stereocenters. The number of methoxy groups -OCH3 is 2. The lowest BCUT2D eigenvalue weighted by Crippen LogP contribution is -2.35. The summed E-state index contributed by atoms with van der Waals surface area (Å²) >= 11 is 0. The van der Waals surface area contributed by atoms with Gasteiger partial charge in [0.15, 0.2) is 0 Å². The van der Waals surface area contributed by atoms with E-state index in [0.29, 0.717) is 23.8 Å². The van der Waals surface area contributed by atoms with E-state index in [-0.39, 0.29) is 19.0 Å². The fourth-order valence-corrected chi connectivity index (χ4v) is 2.84. The standard InChI is InChI=1S/C18H25NO5/c1-23-15-8-14(9-16(10-15)24-2)11-19(12-18(21)22)17(20)7-6-13-4-3-5-13/h8-10,13H,3-7,11-12H2,1-2H3,(H,21,22). The van der Waals surface area contributed by atoms with E-state index in [1.807, 2.05) is 0 Å². The number of aliphatic carboxylic acids is 1. The number of carboxylic acid groups (broad SMARTS) is 1. The summed E-state index contributed by atoms with van der Waals surface area (Å²) in [6.07, 6.45) is 4.84. The van der Waals surface area contributed by atoms with Gasteiger partial charge >= 0.3 is 5.97 Å². The van der Waals surface area contributed by atoms with Gasteiger partial charge in [0.05, 0.1) is 14.2 Å². The van der Waals surface area contributed by atoms with Crippen LogP contribution in [0.3, 0.4) is 0 Å². The second-order valence-corrected chi connectivity index (χ2v) is 6.20. The first kappa shape index (κ1) is 18.1. The van der Waals surface area contributed by atoms with Crippen molar-refractivity contribution in [1.29, 1.82) is 0 Å². The van der Waals surface area contributed by atoms with Crippen LogP contribution in [0.2, 0.25) is 0 Å². The number of rotatable bonds is 9. The van der Waals surface area contributed by atoms with Crippen LogP contribution >= 0.6 is 0 Å². The van der Waals surface area contributed by atoms with Crippen LogP contribution in [0.4, 0.5) is 0 Å². The van der Waals surface area contributed by atoms with Crippen molar-refractivity contribution in [2.75, 3.05) is 20.8 Å². The van der Waals surface area contributed by atoms with Gasteiger partial charge < -0.3 is 19.5 Å². The second kappa shape index (κ2) is 8.57. The minimum Gasteiger partial charge on any atom is -0.497 e. The lowest BCUT2D eigenvalue weighted by Gasteiger charge is -2.27. The highest BCUT2D eigenvalue weighted by Crippen LogP contribution is 2.30. The Balaban J connectivity index is 2.06. The largest absolute Gasteiger partial charge is 0.497 e. The Labute approximate surface area is 142 Å². The van der Waals surface area contributed by atoms with E-state index in [0.717, 1.165) is 12.0 Å². The number of nitrogens with zero attached hydrogens (tertiary/aromatic N) is 1. The normalized spacial score (nSPS) is 13.9. The van der Waals surface area contributed by atoms with Gasteiger partial charge in [-0.1, -0.05) is 19.3 Å². The average molecular weight is 335 g/mol. The van der Waals surface area contributed by atoms with Crippen LogP contribution in [-0.4, -0.2) is 42.6 Å². The number of carboxylic acids is 1. The molecule has 132 valence electrons. The molecule has 0 aliphatic heterocycles. The van der Waals surface area contributed by atoms with Gasteiger partial charge in [-0.2, -0.15) is 0 Å². The number of benzene rings is 1. The predicted molar refractivity (Wildman–Crippen MR) is 89.2 cm³/mol.